The van der Waals surface area contributed by atoms with E-state index in [0.29, 0.717) is 6.42 Å². The minimum absolute atomic E-state index is 0.0376. The Labute approximate surface area is 117 Å². The normalized spacial score (nSPS) is 13.6. The van der Waals surface area contributed by atoms with Crippen LogP contribution in [0.25, 0.3) is 0 Å². The number of carbonyl (C=O) groups is 2. The Balaban J connectivity index is 2.41. The lowest BCUT2D eigenvalue weighted by molar-refractivity contribution is -0.139. The van der Waals surface area contributed by atoms with Crippen molar-refractivity contribution in [2.75, 3.05) is 0 Å². The van der Waals surface area contributed by atoms with Gasteiger partial charge in [-0.1, -0.05) is 6.92 Å². The summed E-state index contributed by atoms with van der Waals surface area (Å²) in [5.41, 5.74) is 0. The molecular weight excluding hydrogens is 264 g/mol. The van der Waals surface area contributed by atoms with Gasteiger partial charge in [-0.3, -0.25) is 0 Å². The summed E-state index contributed by atoms with van der Waals surface area (Å²) in [5, 5.41) is 14.0. The Morgan fingerprint density at radius 1 is 1.37 bits per heavy atom. The number of hydrogen-bond acceptors (Lipinski definition) is 3. The summed E-state index contributed by atoms with van der Waals surface area (Å²) in [6.07, 6.45) is 1.11. The number of carboxylic acids is 1. The molecule has 0 aromatic carbocycles. The average Bonchev–Trinajstić information content (AvgIpc) is 2.70. The van der Waals surface area contributed by atoms with Gasteiger partial charge in [0.2, 0.25) is 0 Å². The molecule has 1 aromatic heterocycles. The standard InChI is InChI=1S/C13H20N2O3S/c1-4-11(12(16)17)15-13(18)14-8(2)7-10-6-5-9(3)19-10/h5-6,8,11H,4,7H2,1-3H3,(H,16,17)(H2,14,15,18). The first-order valence-corrected chi connectivity index (χ1v) is 7.09. The van der Waals surface area contributed by atoms with Crippen LogP contribution in [0.1, 0.15) is 30.0 Å². The third-order valence-electron chi connectivity index (χ3n) is 2.69. The van der Waals surface area contributed by atoms with Gasteiger partial charge in [-0.25, -0.2) is 9.59 Å². The SMILES string of the molecule is CCC(NC(=O)NC(C)Cc1ccc(C)s1)C(=O)O. The zero-order valence-electron chi connectivity index (χ0n) is 11.4. The number of hydrogen-bond donors (Lipinski definition) is 3. The van der Waals surface area contributed by atoms with Crippen molar-refractivity contribution in [3.8, 4) is 0 Å². The summed E-state index contributed by atoms with van der Waals surface area (Å²) in [4.78, 5) is 24.9. The highest BCUT2D eigenvalue weighted by Crippen LogP contribution is 2.16. The average molecular weight is 284 g/mol. The monoisotopic (exact) mass is 284 g/mol. The molecule has 6 heteroatoms. The van der Waals surface area contributed by atoms with E-state index >= 15 is 0 Å². The first kappa shape index (κ1) is 15.5. The quantitative estimate of drug-likeness (QED) is 0.749. The lowest BCUT2D eigenvalue weighted by Crippen LogP contribution is -2.48. The molecule has 1 heterocycles. The van der Waals surface area contributed by atoms with Gasteiger partial charge in [0.25, 0.3) is 0 Å². The van der Waals surface area contributed by atoms with Crippen LogP contribution in [0, 0.1) is 6.92 Å². The Morgan fingerprint density at radius 3 is 2.53 bits per heavy atom. The number of carbonyl (C=O) groups excluding carboxylic acids is 1. The molecule has 2 unspecified atom stereocenters. The van der Waals surface area contributed by atoms with Gasteiger partial charge in [-0.2, -0.15) is 0 Å². The van der Waals surface area contributed by atoms with E-state index in [1.807, 2.05) is 26.0 Å². The van der Waals surface area contributed by atoms with Gasteiger partial charge in [0.15, 0.2) is 0 Å². The van der Waals surface area contributed by atoms with E-state index in [2.05, 4.69) is 10.6 Å². The number of urea groups is 1. The van der Waals surface area contributed by atoms with E-state index in [-0.39, 0.29) is 6.04 Å². The Kier molecular flexibility index (Phi) is 5.82. The van der Waals surface area contributed by atoms with E-state index in [4.69, 9.17) is 5.11 Å². The van der Waals surface area contributed by atoms with Crippen molar-refractivity contribution in [2.45, 2.75) is 45.7 Å². The third kappa shape index (κ3) is 5.30. The second-order valence-corrected chi connectivity index (χ2v) is 5.91. The number of aliphatic carboxylic acids is 1. The van der Waals surface area contributed by atoms with E-state index in [1.165, 1.54) is 9.75 Å². The molecule has 0 aliphatic heterocycles. The highest BCUT2D eigenvalue weighted by molar-refractivity contribution is 7.11. The number of thiophene rings is 1. The molecule has 1 aromatic rings. The van der Waals surface area contributed by atoms with Crippen LogP contribution in [0.5, 0.6) is 0 Å². The van der Waals surface area contributed by atoms with Crippen LogP contribution in [-0.2, 0) is 11.2 Å². The van der Waals surface area contributed by atoms with E-state index in [0.717, 1.165) is 6.42 Å². The number of rotatable bonds is 6. The van der Waals surface area contributed by atoms with Gasteiger partial charge >= 0.3 is 12.0 Å². The molecule has 2 atom stereocenters. The molecule has 0 bridgehead atoms. The zero-order valence-corrected chi connectivity index (χ0v) is 12.2. The molecule has 0 aliphatic carbocycles. The highest BCUT2D eigenvalue weighted by atomic mass is 32.1. The van der Waals surface area contributed by atoms with Gasteiger partial charge < -0.3 is 15.7 Å². The Bertz CT molecular complexity index is 445. The smallest absolute Gasteiger partial charge is 0.326 e. The van der Waals surface area contributed by atoms with Crippen LogP contribution in [0.3, 0.4) is 0 Å². The maximum absolute atomic E-state index is 11.6. The fourth-order valence-electron chi connectivity index (χ4n) is 1.71. The fraction of sp³-hybridized carbons (Fsp3) is 0.538. The van der Waals surface area contributed by atoms with E-state index in [9.17, 15) is 9.59 Å². The van der Waals surface area contributed by atoms with Crippen molar-refractivity contribution in [1.29, 1.82) is 0 Å². The highest BCUT2D eigenvalue weighted by Gasteiger charge is 2.18. The number of aryl methyl sites for hydroxylation is 1. The van der Waals surface area contributed by atoms with Crippen molar-refractivity contribution in [1.82, 2.24) is 10.6 Å². The van der Waals surface area contributed by atoms with Crippen molar-refractivity contribution >= 4 is 23.3 Å². The molecule has 106 valence electrons. The van der Waals surface area contributed by atoms with Crippen LogP contribution >= 0.6 is 11.3 Å². The molecule has 2 amide bonds. The summed E-state index contributed by atoms with van der Waals surface area (Å²) in [6, 6.07) is 2.78. The predicted octanol–water partition coefficient (Wildman–Crippen LogP) is 2.15. The van der Waals surface area contributed by atoms with Crippen molar-refractivity contribution in [2.24, 2.45) is 0 Å². The van der Waals surface area contributed by atoms with Crippen LogP contribution in [0.2, 0.25) is 0 Å². The molecule has 5 nitrogen and oxygen atoms in total. The molecule has 19 heavy (non-hydrogen) atoms. The Morgan fingerprint density at radius 2 is 2.05 bits per heavy atom. The van der Waals surface area contributed by atoms with Crippen LogP contribution < -0.4 is 10.6 Å². The number of carboxylic acid groups (broad SMARTS) is 1. The lowest BCUT2D eigenvalue weighted by atomic mass is 10.2. The van der Waals surface area contributed by atoms with Crippen LogP contribution in [0.4, 0.5) is 4.79 Å². The summed E-state index contributed by atoms with van der Waals surface area (Å²) < 4.78 is 0. The van der Waals surface area contributed by atoms with Gasteiger partial charge in [0.1, 0.15) is 6.04 Å². The second-order valence-electron chi connectivity index (χ2n) is 4.53. The largest absolute Gasteiger partial charge is 0.480 e. The van der Waals surface area contributed by atoms with Gasteiger partial charge in [0.05, 0.1) is 0 Å². The molecule has 0 radical (unpaired) electrons. The van der Waals surface area contributed by atoms with Crippen LogP contribution in [-0.4, -0.2) is 29.2 Å². The van der Waals surface area contributed by atoms with Crippen molar-refractivity contribution in [3.05, 3.63) is 21.9 Å². The minimum atomic E-state index is -1.01. The fourth-order valence-corrected chi connectivity index (χ4v) is 2.73. The summed E-state index contributed by atoms with van der Waals surface area (Å²) in [5.74, 6) is -1.01. The number of nitrogens with one attached hydrogen (secondary N) is 2. The summed E-state index contributed by atoms with van der Waals surface area (Å²) >= 11 is 1.70. The molecule has 3 N–H and O–H groups in total. The molecule has 1 rings (SSSR count). The van der Waals surface area contributed by atoms with Crippen LogP contribution in [0.15, 0.2) is 12.1 Å². The molecule has 0 fully saturated rings. The zero-order chi connectivity index (χ0) is 14.4. The molecule has 0 saturated heterocycles. The summed E-state index contributed by atoms with van der Waals surface area (Å²) in [6.45, 7) is 5.66. The van der Waals surface area contributed by atoms with Crippen molar-refractivity contribution < 1.29 is 14.7 Å². The first-order chi connectivity index (χ1) is 8.92. The topological polar surface area (TPSA) is 78.4 Å². The molecular formula is C13H20N2O3S. The maximum atomic E-state index is 11.6. The third-order valence-corrected chi connectivity index (χ3v) is 3.72. The van der Waals surface area contributed by atoms with E-state index in [1.54, 1.807) is 18.3 Å². The van der Waals surface area contributed by atoms with E-state index < -0.39 is 18.0 Å². The Hall–Kier alpha value is -1.56. The van der Waals surface area contributed by atoms with Crippen molar-refractivity contribution in [3.63, 3.8) is 0 Å². The first-order valence-electron chi connectivity index (χ1n) is 6.27. The molecule has 0 spiro atoms. The second kappa shape index (κ2) is 7.13. The minimum Gasteiger partial charge on any atom is -0.480 e. The van der Waals surface area contributed by atoms with Gasteiger partial charge in [-0.15, -0.1) is 11.3 Å². The molecule has 0 aliphatic rings. The maximum Gasteiger partial charge on any atom is 0.326 e. The van der Waals surface area contributed by atoms with Gasteiger partial charge in [0, 0.05) is 22.2 Å². The summed E-state index contributed by atoms with van der Waals surface area (Å²) in [7, 11) is 0. The lowest BCUT2D eigenvalue weighted by Gasteiger charge is -2.17. The number of amides is 2. The predicted molar refractivity (Wildman–Crippen MR) is 75.6 cm³/mol. The van der Waals surface area contributed by atoms with Gasteiger partial charge in [-0.05, 0) is 32.4 Å². The molecule has 0 saturated carbocycles.